The molecule has 306 valence electrons. The maximum Gasteiger partial charge on any atom is 0.335 e. The molecule has 0 fully saturated rings. The first-order chi connectivity index (χ1) is 26.1. The van der Waals surface area contributed by atoms with Gasteiger partial charge in [0.25, 0.3) is 0 Å². The first-order valence-electron chi connectivity index (χ1n) is 19.2. The molecular weight excluding hydrogens is 704 g/mol. The Bertz CT molecular complexity index is 1210. The summed E-state index contributed by atoms with van der Waals surface area (Å²) in [4.78, 5) is 70.4. The lowest BCUT2D eigenvalue weighted by atomic mass is 10.1. The zero-order valence-electron chi connectivity index (χ0n) is 31.9. The maximum absolute atomic E-state index is 12.3. The van der Waals surface area contributed by atoms with Crippen LogP contribution in [-0.2, 0) is 42.9 Å². The van der Waals surface area contributed by atoms with E-state index in [1.54, 1.807) is 12.1 Å². The molecule has 1 aromatic rings. The Balaban J connectivity index is 1.95. The van der Waals surface area contributed by atoms with E-state index in [4.69, 9.17) is 28.8 Å². The van der Waals surface area contributed by atoms with E-state index in [2.05, 4.69) is 10.6 Å². The number of nitrogens with one attached hydrogen (secondary N) is 2. The number of hydrogen-bond donors (Lipinski definition) is 4. The van der Waals surface area contributed by atoms with Gasteiger partial charge < -0.3 is 44.5 Å². The van der Waals surface area contributed by atoms with E-state index in [-0.39, 0.29) is 81.1 Å². The van der Waals surface area contributed by atoms with Crippen molar-refractivity contribution in [2.45, 2.75) is 109 Å². The Kier molecular flexibility index (Phi) is 29.0. The third-order valence-electron chi connectivity index (χ3n) is 8.13. The first-order valence-corrected chi connectivity index (χ1v) is 19.2. The number of Topliss-reactive ketones (excluding diaryl/α,β-unsaturated/α-hetero) is 2. The number of carboxylic acid groups (broad SMARTS) is 2. The van der Waals surface area contributed by atoms with Crippen LogP contribution in [0.15, 0.2) is 24.3 Å². The molecule has 0 aliphatic heterocycles. The Hall–Kier alpha value is -3.92. The summed E-state index contributed by atoms with van der Waals surface area (Å²) < 4.78 is 27.0. The van der Waals surface area contributed by atoms with Crippen LogP contribution in [-0.4, -0.2) is 118 Å². The van der Waals surface area contributed by atoms with E-state index in [0.717, 1.165) is 51.4 Å². The summed E-state index contributed by atoms with van der Waals surface area (Å²) in [6, 6.07) is 5.20. The van der Waals surface area contributed by atoms with Gasteiger partial charge in [-0.25, -0.2) is 9.59 Å². The summed E-state index contributed by atoms with van der Waals surface area (Å²) >= 11 is 0. The summed E-state index contributed by atoms with van der Waals surface area (Å²) in [6.45, 7) is 4.61. The zero-order chi connectivity index (χ0) is 39.7. The van der Waals surface area contributed by atoms with Crippen LogP contribution < -0.4 is 15.4 Å². The summed E-state index contributed by atoms with van der Waals surface area (Å²) in [7, 11) is 0. The summed E-state index contributed by atoms with van der Waals surface area (Å²) in [5, 5.41) is 23.6. The molecule has 0 radical (unpaired) electrons. The highest BCUT2D eigenvalue weighted by atomic mass is 16.5. The third kappa shape index (κ3) is 27.7. The van der Waals surface area contributed by atoms with Crippen molar-refractivity contribution in [3.8, 4) is 5.75 Å². The Labute approximate surface area is 319 Å². The second-order valence-corrected chi connectivity index (χ2v) is 12.9. The van der Waals surface area contributed by atoms with E-state index in [1.807, 2.05) is 6.92 Å². The van der Waals surface area contributed by atoms with Crippen LogP contribution in [0.1, 0.15) is 114 Å². The molecular formula is C39H62N2O13. The van der Waals surface area contributed by atoms with E-state index in [9.17, 15) is 33.9 Å². The van der Waals surface area contributed by atoms with Crippen LogP contribution in [0.5, 0.6) is 5.75 Å². The predicted octanol–water partition coefficient (Wildman–Crippen LogP) is 4.53. The van der Waals surface area contributed by atoms with Gasteiger partial charge in [0, 0.05) is 38.8 Å². The largest absolute Gasteiger partial charge is 0.494 e. The normalized spacial score (nSPS) is 11.5. The lowest BCUT2D eigenvalue weighted by Crippen LogP contribution is -2.41. The highest BCUT2D eigenvalue weighted by Gasteiger charge is 2.20. The second-order valence-electron chi connectivity index (χ2n) is 12.9. The van der Waals surface area contributed by atoms with Crippen molar-refractivity contribution in [2.24, 2.45) is 0 Å². The van der Waals surface area contributed by atoms with Crippen molar-refractivity contribution in [1.82, 2.24) is 10.6 Å². The number of carbonyl (C=O) groups is 6. The minimum atomic E-state index is -1.17. The van der Waals surface area contributed by atoms with Crippen molar-refractivity contribution in [3.63, 3.8) is 0 Å². The second kappa shape index (κ2) is 32.5. The average molecular weight is 767 g/mol. The van der Waals surface area contributed by atoms with Crippen LogP contribution in [0, 0.1) is 0 Å². The van der Waals surface area contributed by atoms with Gasteiger partial charge in [-0.3, -0.25) is 19.2 Å². The first kappa shape index (κ1) is 48.1. The van der Waals surface area contributed by atoms with Crippen molar-refractivity contribution < 1.29 is 62.7 Å². The molecule has 1 rings (SSSR count). The van der Waals surface area contributed by atoms with Gasteiger partial charge in [0.05, 0.1) is 45.2 Å². The molecule has 0 aliphatic rings. The van der Waals surface area contributed by atoms with Gasteiger partial charge in [-0.1, -0.05) is 45.4 Å². The highest BCUT2D eigenvalue weighted by Crippen LogP contribution is 2.14. The van der Waals surface area contributed by atoms with Crippen molar-refractivity contribution in [2.75, 3.05) is 66.0 Å². The molecule has 1 aromatic carbocycles. The third-order valence-corrected chi connectivity index (χ3v) is 8.13. The standard InChI is InChI=1S/C39H62N2O13/c1-2-3-12-33(43)29-52-27-26-51-24-21-40-37(45)30-53-28-25-50-22-11-13-32(42)17-20-35(39(48)49)41-36(44)14-9-7-5-4-6-8-10-23-54-34-18-15-31(16-19-34)38(46)47/h15-16,18-19,35H,2-14,17,20-30H2,1H3,(H,40,45)(H,41,44)(H,46,47)(H,48,49)/t35-/m0/s1. The molecule has 15 nitrogen and oxygen atoms in total. The lowest BCUT2D eigenvalue weighted by molar-refractivity contribution is -0.142. The number of ketones is 2. The number of carboxylic acids is 2. The molecule has 0 unspecified atom stereocenters. The number of ether oxygens (including phenoxy) is 5. The van der Waals surface area contributed by atoms with Gasteiger partial charge in [0.2, 0.25) is 11.8 Å². The van der Waals surface area contributed by atoms with E-state index in [0.29, 0.717) is 64.6 Å². The van der Waals surface area contributed by atoms with Crippen molar-refractivity contribution in [1.29, 1.82) is 0 Å². The topological polar surface area (TPSA) is 213 Å². The fourth-order valence-electron chi connectivity index (χ4n) is 5.03. The van der Waals surface area contributed by atoms with Gasteiger partial charge in [-0.15, -0.1) is 0 Å². The van der Waals surface area contributed by atoms with Gasteiger partial charge in [-0.05, 0) is 56.4 Å². The van der Waals surface area contributed by atoms with Crippen LogP contribution in [0.25, 0.3) is 0 Å². The van der Waals surface area contributed by atoms with Crippen LogP contribution in [0.2, 0.25) is 0 Å². The predicted molar refractivity (Wildman–Crippen MR) is 200 cm³/mol. The molecule has 0 heterocycles. The maximum atomic E-state index is 12.3. The van der Waals surface area contributed by atoms with Crippen LogP contribution in [0.3, 0.4) is 0 Å². The zero-order valence-corrected chi connectivity index (χ0v) is 31.9. The molecule has 2 amide bonds. The minimum Gasteiger partial charge on any atom is -0.494 e. The molecule has 0 aromatic heterocycles. The Morgan fingerprint density at radius 3 is 1.87 bits per heavy atom. The monoisotopic (exact) mass is 766 g/mol. The molecule has 4 N–H and O–H groups in total. The quantitative estimate of drug-likeness (QED) is 0.0687. The molecule has 0 spiro atoms. The summed E-state index contributed by atoms with van der Waals surface area (Å²) in [5.41, 5.74) is 0.220. The number of amides is 2. The van der Waals surface area contributed by atoms with Crippen LogP contribution in [0.4, 0.5) is 0 Å². The molecule has 1 atom stereocenters. The molecule has 15 heteroatoms. The number of hydrogen-bond acceptors (Lipinski definition) is 11. The number of rotatable bonds is 37. The van der Waals surface area contributed by atoms with Gasteiger partial charge in [-0.2, -0.15) is 0 Å². The van der Waals surface area contributed by atoms with Crippen molar-refractivity contribution >= 4 is 35.3 Å². The molecule has 0 bridgehead atoms. The fraction of sp³-hybridized carbons (Fsp3) is 0.692. The number of benzene rings is 1. The van der Waals surface area contributed by atoms with Gasteiger partial charge >= 0.3 is 11.9 Å². The lowest BCUT2D eigenvalue weighted by Gasteiger charge is -2.14. The van der Waals surface area contributed by atoms with Gasteiger partial charge in [0.1, 0.15) is 30.8 Å². The number of aromatic carboxylic acids is 1. The summed E-state index contributed by atoms with van der Waals surface area (Å²) in [5.74, 6) is -2.15. The minimum absolute atomic E-state index is 0.0237. The van der Waals surface area contributed by atoms with E-state index < -0.39 is 18.0 Å². The number of unbranched alkanes of at least 4 members (excludes halogenated alkanes) is 7. The molecule has 0 saturated carbocycles. The van der Waals surface area contributed by atoms with E-state index >= 15 is 0 Å². The van der Waals surface area contributed by atoms with Crippen molar-refractivity contribution in [3.05, 3.63) is 29.8 Å². The van der Waals surface area contributed by atoms with E-state index in [1.165, 1.54) is 12.1 Å². The fourth-order valence-corrected chi connectivity index (χ4v) is 5.03. The SMILES string of the molecule is CCCCC(=O)COCCOCCNC(=O)COCCOCCCC(=O)CC[C@H](NC(=O)CCCCCCCCCOc1ccc(C(=O)O)cc1)C(=O)O. The number of carbonyl (C=O) groups excluding carboxylic acids is 4. The molecule has 0 aliphatic carbocycles. The molecule has 54 heavy (non-hydrogen) atoms. The Morgan fingerprint density at radius 2 is 1.20 bits per heavy atom. The Morgan fingerprint density at radius 1 is 0.593 bits per heavy atom. The van der Waals surface area contributed by atoms with Crippen LogP contribution >= 0.6 is 0 Å². The average Bonchev–Trinajstić information content (AvgIpc) is 3.15. The molecule has 0 saturated heterocycles. The smallest absolute Gasteiger partial charge is 0.335 e. The van der Waals surface area contributed by atoms with Gasteiger partial charge in [0.15, 0.2) is 5.78 Å². The number of aliphatic carboxylic acids is 1. The highest BCUT2D eigenvalue weighted by molar-refractivity contribution is 5.87. The summed E-state index contributed by atoms with van der Waals surface area (Å²) in [6.07, 6.45) is 9.77.